The maximum absolute atomic E-state index is 12.3. The van der Waals surface area contributed by atoms with Crippen LogP contribution in [-0.2, 0) is 4.74 Å². The van der Waals surface area contributed by atoms with E-state index < -0.39 is 5.60 Å². The first kappa shape index (κ1) is 22.9. The highest BCUT2D eigenvalue weighted by atomic mass is 35.5. The Morgan fingerprint density at radius 3 is 2.81 bits per heavy atom. The maximum Gasteiger partial charge on any atom is 0.410 e. The van der Waals surface area contributed by atoms with Crippen molar-refractivity contribution in [2.45, 2.75) is 52.7 Å². The SMILES string of the molecule is C=C1C=C(C)C(Cl)=CN1/C(=C\C)c1cccc(NC2CCN(C(=O)OC(C)(C)C)C2)n1. The van der Waals surface area contributed by atoms with Crippen LogP contribution in [0.25, 0.3) is 5.70 Å². The molecule has 1 amide bonds. The van der Waals surface area contributed by atoms with E-state index in [1.165, 1.54) is 0 Å². The molecular formula is C24H31ClN4O2. The Kier molecular flexibility index (Phi) is 6.80. The van der Waals surface area contributed by atoms with Crippen molar-refractivity contribution in [3.8, 4) is 0 Å². The van der Waals surface area contributed by atoms with Crippen molar-refractivity contribution in [3.05, 3.63) is 65.1 Å². The number of carbonyl (C=O) groups is 1. The van der Waals surface area contributed by atoms with Crippen LogP contribution in [0.3, 0.4) is 0 Å². The molecule has 1 atom stereocenters. The second kappa shape index (κ2) is 9.18. The number of anilines is 1. The molecule has 0 radical (unpaired) electrons. The Morgan fingerprint density at radius 2 is 2.13 bits per heavy atom. The molecule has 2 aliphatic rings. The molecule has 2 aliphatic heterocycles. The Labute approximate surface area is 189 Å². The monoisotopic (exact) mass is 442 g/mol. The number of rotatable bonds is 4. The molecule has 0 aromatic carbocycles. The molecule has 0 spiro atoms. The average Bonchev–Trinajstić information content (AvgIpc) is 3.14. The van der Waals surface area contributed by atoms with E-state index in [-0.39, 0.29) is 12.1 Å². The fourth-order valence-electron chi connectivity index (χ4n) is 3.56. The lowest BCUT2D eigenvalue weighted by atomic mass is 10.1. The molecule has 31 heavy (non-hydrogen) atoms. The van der Waals surface area contributed by atoms with Crippen molar-refractivity contribution >= 4 is 29.2 Å². The van der Waals surface area contributed by atoms with Gasteiger partial charge in [0.2, 0.25) is 0 Å². The first-order valence-corrected chi connectivity index (χ1v) is 10.9. The third-order valence-electron chi connectivity index (χ3n) is 5.05. The molecule has 3 heterocycles. The van der Waals surface area contributed by atoms with Gasteiger partial charge in [-0.25, -0.2) is 9.78 Å². The number of ether oxygens (including phenoxy) is 1. The first-order valence-electron chi connectivity index (χ1n) is 10.5. The van der Waals surface area contributed by atoms with Crippen molar-refractivity contribution in [2.75, 3.05) is 18.4 Å². The summed E-state index contributed by atoms with van der Waals surface area (Å²) in [7, 11) is 0. The summed E-state index contributed by atoms with van der Waals surface area (Å²) < 4.78 is 5.48. The number of hydrogen-bond donors (Lipinski definition) is 1. The zero-order chi connectivity index (χ0) is 22.8. The van der Waals surface area contributed by atoms with E-state index in [2.05, 4.69) is 11.9 Å². The second-order valence-electron chi connectivity index (χ2n) is 8.80. The molecular weight excluding hydrogens is 412 g/mol. The molecule has 1 aromatic rings. The molecule has 1 aromatic heterocycles. The van der Waals surface area contributed by atoms with Crippen LogP contribution < -0.4 is 5.32 Å². The third kappa shape index (κ3) is 5.70. The Hall–Kier alpha value is -2.73. The quantitative estimate of drug-likeness (QED) is 0.646. The number of nitrogens with zero attached hydrogens (tertiary/aromatic N) is 3. The van der Waals surface area contributed by atoms with E-state index >= 15 is 0 Å². The van der Waals surface area contributed by atoms with Crippen LogP contribution in [0, 0.1) is 0 Å². The molecule has 6 nitrogen and oxygen atoms in total. The summed E-state index contributed by atoms with van der Waals surface area (Å²) >= 11 is 6.35. The largest absolute Gasteiger partial charge is 0.444 e. The zero-order valence-electron chi connectivity index (χ0n) is 18.9. The van der Waals surface area contributed by atoms with Crippen molar-refractivity contribution in [1.29, 1.82) is 0 Å². The van der Waals surface area contributed by atoms with Gasteiger partial charge in [0.25, 0.3) is 0 Å². The number of halogens is 1. The minimum Gasteiger partial charge on any atom is -0.444 e. The van der Waals surface area contributed by atoms with Gasteiger partial charge in [-0.05, 0) is 64.8 Å². The smallest absolute Gasteiger partial charge is 0.410 e. The van der Waals surface area contributed by atoms with Gasteiger partial charge in [-0.15, -0.1) is 0 Å². The summed E-state index contributed by atoms with van der Waals surface area (Å²) in [5, 5.41) is 4.13. The highest BCUT2D eigenvalue weighted by Crippen LogP contribution is 2.31. The van der Waals surface area contributed by atoms with E-state index in [0.29, 0.717) is 18.1 Å². The van der Waals surface area contributed by atoms with Crippen LogP contribution in [0.15, 0.2) is 59.4 Å². The highest BCUT2D eigenvalue weighted by Gasteiger charge is 2.30. The number of amides is 1. The van der Waals surface area contributed by atoms with E-state index in [1.807, 2.05) is 76.1 Å². The number of likely N-dealkylation sites (tertiary alicyclic amines) is 1. The second-order valence-corrected chi connectivity index (χ2v) is 9.21. The summed E-state index contributed by atoms with van der Waals surface area (Å²) in [5.41, 5.74) is 3.03. The van der Waals surface area contributed by atoms with Gasteiger partial charge in [0.1, 0.15) is 11.4 Å². The zero-order valence-corrected chi connectivity index (χ0v) is 19.7. The topological polar surface area (TPSA) is 57.7 Å². The molecule has 3 rings (SSSR count). The molecule has 0 aliphatic carbocycles. The average molecular weight is 443 g/mol. The summed E-state index contributed by atoms with van der Waals surface area (Å²) in [5.74, 6) is 0.761. The van der Waals surface area contributed by atoms with E-state index in [4.69, 9.17) is 21.3 Å². The molecule has 1 unspecified atom stereocenters. The number of nitrogens with one attached hydrogen (secondary N) is 1. The third-order valence-corrected chi connectivity index (χ3v) is 5.44. The van der Waals surface area contributed by atoms with Gasteiger partial charge in [-0.1, -0.05) is 30.3 Å². The van der Waals surface area contributed by atoms with Gasteiger partial charge >= 0.3 is 6.09 Å². The lowest BCUT2D eigenvalue weighted by Gasteiger charge is -2.28. The Morgan fingerprint density at radius 1 is 1.39 bits per heavy atom. The van der Waals surface area contributed by atoms with E-state index in [1.54, 1.807) is 4.90 Å². The molecule has 0 saturated carbocycles. The van der Waals surface area contributed by atoms with Crippen LogP contribution in [-0.4, -0.2) is 45.6 Å². The van der Waals surface area contributed by atoms with Crippen LogP contribution in [0.4, 0.5) is 10.6 Å². The number of carbonyl (C=O) groups excluding carboxylic acids is 1. The van der Waals surface area contributed by atoms with Crippen LogP contribution in [0.5, 0.6) is 0 Å². The molecule has 166 valence electrons. The molecule has 0 bridgehead atoms. The van der Waals surface area contributed by atoms with Crippen LogP contribution in [0.1, 0.15) is 46.7 Å². The van der Waals surface area contributed by atoms with Gasteiger partial charge in [0.05, 0.1) is 16.4 Å². The minimum absolute atomic E-state index is 0.120. The van der Waals surface area contributed by atoms with Crippen LogP contribution in [0.2, 0.25) is 0 Å². The molecule has 7 heteroatoms. The summed E-state index contributed by atoms with van der Waals surface area (Å²) in [4.78, 5) is 20.8. The predicted molar refractivity (Wildman–Crippen MR) is 126 cm³/mol. The minimum atomic E-state index is -0.495. The van der Waals surface area contributed by atoms with Gasteiger partial charge in [-0.3, -0.25) is 0 Å². The van der Waals surface area contributed by atoms with Crippen molar-refractivity contribution in [3.63, 3.8) is 0 Å². The van der Waals surface area contributed by atoms with Crippen molar-refractivity contribution < 1.29 is 9.53 Å². The summed E-state index contributed by atoms with van der Waals surface area (Å²) in [6.45, 7) is 14.9. The Balaban J connectivity index is 1.70. The number of pyridine rings is 1. The Bertz CT molecular complexity index is 959. The summed E-state index contributed by atoms with van der Waals surface area (Å²) in [6, 6.07) is 5.98. The van der Waals surface area contributed by atoms with Gasteiger partial charge in [-0.2, -0.15) is 0 Å². The molecule has 1 fully saturated rings. The lowest BCUT2D eigenvalue weighted by molar-refractivity contribution is 0.0293. The fourth-order valence-corrected chi connectivity index (χ4v) is 3.71. The normalized spacial score (nSPS) is 19.9. The van der Waals surface area contributed by atoms with Crippen LogP contribution >= 0.6 is 11.6 Å². The highest BCUT2D eigenvalue weighted by molar-refractivity contribution is 6.32. The van der Waals surface area contributed by atoms with Gasteiger partial charge in [0.15, 0.2) is 0 Å². The maximum atomic E-state index is 12.3. The fraction of sp³-hybridized carbons (Fsp3) is 0.417. The summed E-state index contributed by atoms with van der Waals surface area (Å²) in [6.07, 6.45) is 6.38. The lowest BCUT2D eigenvalue weighted by Crippen LogP contribution is -2.36. The first-order chi connectivity index (χ1) is 14.6. The number of hydrogen-bond acceptors (Lipinski definition) is 5. The van der Waals surface area contributed by atoms with Gasteiger partial charge < -0.3 is 19.9 Å². The number of allylic oxidation sites excluding steroid dienone is 4. The van der Waals surface area contributed by atoms with E-state index in [0.717, 1.165) is 34.9 Å². The molecule has 1 saturated heterocycles. The standard InChI is InChI=1S/C24H31ClN4O2/c1-7-21(29-15-19(25)16(2)13-17(29)3)20-9-8-10-22(27-20)26-18-11-12-28(14-18)23(30)31-24(4,5)6/h7-10,13,15,18H,3,11-12,14H2,1-2,4-6H3,(H,26,27)/b21-7-. The predicted octanol–water partition coefficient (Wildman–Crippen LogP) is 5.72. The van der Waals surface area contributed by atoms with Gasteiger partial charge in [0, 0.05) is 31.0 Å². The van der Waals surface area contributed by atoms with Crippen molar-refractivity contribution in [2.24, 2.45) is 0 Å². The number of aromatic nitrogens is 1. The van der Waals surface area contributed by atoms with Crippen molar-refractivity contribution in [1.82, 2.24) is 14.8 Å². The van der Waals surface area contributed by atoms with E-state index in [9.17, 15) is 4.79 Å². The molecule has 1 N–H and O–H groups in total.